The first kappa shape index (κ1) is 12.9. The van der Waals surface area contributed by atoms with Crippen LogP contribution in [0.15, 0.2) is 24.3 Å². The van der Waals surface area contributed by atoms with Crippen molar-refractivity contribution >= 4 is 5.97 Å². The van der Waals surface area contributed by atoms with Crippen LogP contribution in [0.2, 0.25) is 0 Å². The topological polar surface area (TPSA) is 47.6 Å². The molecule has 2 unspecified atom stereocenters. The van der Waals surface area contributed by atoms with Crippen LogP contribution in [-0.4, -0.2) is 33.8 Å². The monoisotopic (exact) mass is 249 g/mol. The van der Waals surface area contributed by atoms with Gasteiger partial charge in [0.15, 0.2) is 0 Å². The molecule has 0 spiro atoms. The lowest BCUT2D eigenvalue weighted by Gasteiger charge is -2.16. The average molecular weight is 249 g/mol. The second-order valence-corrected chi connectivity index (χ2v) is 4.65. The van der Waals surface area contributed by atoms with Gasteiger partial charge in [-0.25, -0.2) is 0 Å². The average Bonchev–Trinajstić information content (AvgIpc) is 3.14. The van der Waals surface area contributed by atoms with Gasteiger partial charge in [0.1, 0.15) is 5.75 Å². The van der Waals surface area contributed by atoms with E-state index in [2.05, 4.69) is 5.32 Å². The summed E-state index contributed by atoms with van der Waals surface area (Å²) in [7, 11) is 4.97. The van der Waals surface area contributed by atoms with Crippen LogP contribution in [0.25, 0.3) is 0 Å². The van der Waals surface area contributed by atoms with Gasteiger partial charge in [-0.3, -0.25) is 4.79 Å². The lowest BCUT2D eigenvalue weighted by molar-refractivity contribution is -0.144. The maximum atomic E-state index is 12.1. The molecule has 0 aliphatic heterocycles. The van der Waals surface area contributed by atoms with Crippen LogP contribution in [0.5, 0.6) is 5.75 Å². The summed E-state index contributed by atoms with van der Waals surface area (Å²) in [6, 6.07) is 7.67. The van der Waals surface area contributed by atoms with Gasteiger partial charge in [-0.05, 0) is 43.6 Å². The van der Waals surface area contributed by atoms with Crippen molar-refractivity contribution in [2.24, 2.45) is 5.92 Å². The molecular formula is C14H19NO3. The molecule has 1 aromatic carbocycles. The van der Waals surface area contributed by atoms with Gasteiger partial charge in [-0.15, -0.1) is 0 Å². The minimum atomic E-state index is -0.468. The highest BCUT2D eigenvalue weighted by Crippen LogP contribution is 2.54. The molecule has 0 bridgehead atoms. The first-order chi connectivity index (χ1) is 8.68. The van der Waals surface area contributed by atoms with Gasteiger partial charge >= 0.3 is 5.97 Å². The van der Waals surface area contributed by atoms with Crippen molar-refractivity contribution in [3.05, 3.63) is 29.8 Å². The molecule has 1 saturated carbocycles. The van der Waals surface area contributed by atoms with E-state index < -0.39 is 5.41 Å². The number of esters is 1. The second kappa shape index (κ2) is 4.98. The van der Waals surface area contributed by atoms with Gasteiger partial charge in [0, 0.05) is 0 Å². The maximum Gasteiger partial charge on any atom is 0.316 e. The zero-order valence-electron chi connectivity index (χ0n) is 11.0. The Kier molecular flexibility index (Phi) is 3.57. The van der Waals surface area contributed by atoms with E-state index in [1.54, 1.807) is 7.11 Å². The van der Waals surface area contributed by atoms with Crippen LogP contribution in [0.3, 0.4) is 0 Å². The van der Waals surface area contributed by atoms with E-state index in [0.717, 1.165) is 24.3 Å². The van der Waals surface area contributed by atoms with Gasteiger partial charge in [0.25, 0.3) is 0 Å². The van der Waals surface area contributed by atoms with Crippen LogP contribution in [0.1, 0.15) is 12.0 Å². The largest absolute Gasteiger partial charge is 0.497 e. The van der Waals surface area contributed by atoms with Crippen LogP contribution in [0, 0.1) is 5.92 Å². The van der Waals surface area contributed by atoms with E-state index in [9.17, 15) is 4.79 Å². The Morgan fingerprint density at radius 3 is 2.56 bits per heavy atom. The molecule has 0 amide bonds. The van der Waals surface area contributed by atoms with E-state index in [4.69, 9.17) is 9.47 Å². The maximum absolute atomic E-state index is 12.1. The molecule has 2 atom stereocenters. The zero-order chi connectivity index (χ0) is 13.2. The number of nitrogens with one attached hydrogen (secondary N) is 1. The molecule has 4 nitrogen and oxygen atoms in total. The van der Waals surface area contributed by atoms with E-state index >= 15 is 0 Å². The normalized spacial score (nSPS) is 25.6. The fourth-order valence-corrected chi connectivity index (χ4v) is 2.61. The van der Waals surface area contributed by atoms with Crippen LogP contribution >= 0.6 is 0 Å². The summed E-state index contributed by atoms with van der Waals surface area (Å²) in [4.78, 5) is 12.1. The standard InChI is InChI=1S/C14H19NO3/c1-15-9-11-8-14(11,13(16)18-3)10-4-6-12(17-2)7-5-10/h4-7,11,15H,8-9H2,1-3H3. The Morgan fingerprint density at radius 1 is 1.39 bits per heavy atom. The lowest BCUT2D eigenvalue weighted by atomic mass is 9.93. The molecule has 1 aromatic rings. The minimum Gasteiger partial charge on any atom is -0.497 e. The summed E-state index contributed by atoms with van der Waals surface area (Å²) >= 11 is 0. The predicted octanol–water partition coefficient (Wildman–Crippen LogP) is 1.35. The summed E-state index contributed by atoms with van der Waals surface area (Å²) in [6.45, 7) is 0.821. The van der Waals surface area contributed by atoms with E-state index in [1.807, 2.05) is 31.3 Å². The summed E-state index contributed by atoms with van der Waals surface area (Å²) in [5, 5.41) is 3.12. The number of benzene rings is 1. The molecule has 1 fully saturated rings. The highest BCUT2D eigenvalue weighted by Gasteiger charge is 2.61. The molecule has 4 heteroatoms. The first-order valence-corrected chi connectivity index (χ1v) is 6.06. The molecule has 1 aliphatic carbocycles. The van der Waals surface area contributed by atoms with Crippen LogP contribution in [-0.2, 0) is 14.9 Å². The summed E-state index contributed by atoms with van der Waals surface area (Å²) in [5.74, 6) is 0.959. The molecule has 1 aliphatic rings. The summed E-state index contributed by atoms with van der Waals surface area (Å²) < 4.78 is 10.1. The third-order valence-corrected chi connectivity index (χ3v) is 3.71. The Hall–Kier alpha value is -1.55. The molecule has 2 rings (SSSR count). The number of rotatable bonds is 5. The molecule has 18 heavy (non-hydrogen) atoms. The van der Waals surface area contributed by atoms with Crippen molar-refractivity contribution in [3.63, 3.8) is 0 Å². The van der Waals surface area contributed by atoms with Crippen LogP contribution < -0.4 is 10.1 Å². The van der Waals surface area contributed by atoms with Gasteiger partial charge in [0.2, 0.25) is 0 Å². The zero-order valence-corrected chi connectivity index (χ0v) is 11.0. The van der Waals surface area contributed by atoms with Crippen LogP contribution in [0.4, 0.5) is 0 Å². The van der Waals surface area contributed by atoms with Crippen molar-refractivity contribution in [1.82, 2.24) is 5.32 Å². The Bertz CT molecular complexity index is 429. The molecule has 0 aromatic heterocycles. The second-order valence-electron chi connectivity index (χ2n) is 4.65. The molecule has 0 saturated heterocycles. The molecule has 0 heterocycles. The smallest absolute Gasteiger partial charge is 0.316 e. The Morgan fingerprint density at radius 2 is 2.06 bits per heavy atom. The van der Waals surface area contributed by atoms with Gasteiger partial charge in [0.05, 0.1) is 19.6 Å². The van der Waals surface area contributed by atoms with Crippen molar-refractivity contribution < 1.29 is 14.3 Å². The quantitative estimate of drug-likeness (QED) is 0.800. The number of hydrogen-bond donors (Lipinski definition) is 1. The van der Waals surface area contributed by atoms with Gasteiger partial charge in [-0.2, -0.15) is 0 Å². The predicted molar refractivity (Wildman–Crippen MR) is 68.7 cm³/mol. The number of methoxy groups -OCH3 is 2. The third kappa shape index (κ3) is 1.97. The Balaban J connectivity index is 2.27. The van der Waals surface area contributed by atoms with Crippen molar-refractivity contribution in [2.45, 2.75) is 11.8 Å². The minimum absolute atomic E-state index is 0.145. The Labute approximate surface area is 107 Å². The van der Waals surface area contributed by atoms with E-state index in [0.29, 0.717) is 5.92 Å². The number of carbonyl (C=O) groups excluding carboxylic acids is 1. The fourth-order valence-electron chi connectivity index (χ4n) is 2.61. The highest BCUT2D eigenvalue weighted by molar-refractivity contribution is 5.87. The first-order valence-electron chi connectivity index (χ1n) is 6.06. The summed E-state index contributed by atoms with van der Waals surface area (Å²) in [6.07, 6.45) is 0.840. The molecule has 98 valence electrons. The van der Waals surface area contributed by atoms with E-state index in [-0.39, 0.29) is 5.97 Å². The lowest BCUT2D eigenvalue weighted by Crippen LogP contribution is -2.27. The number of carbonyl (C=O) groups is 1. The van der Waals surface area contributed by atoms with Crippen molar-refractivity contribution in [2.75, 3.05) is 27.8 Å². The molecule has 0 radical (unpaired) electrons. The fraction of sp³-hybridized carbons (Fsp3) is 0.500. The molecular weight excluding hydrogens is 230 g/mol. The summed E-state index contributed by atoms with van der Waals surface area (Å²) in [5.41, 5.74) is 0.541. The molecule has 1 N–H and O–H groups in total. The van der Waals surface area contributed by atoms with Crippen molar-refractivity contribution in [1.29, 1.82) is 0 Å². The number of ether oxygens (including phenoxy) is 2. The van der Waals surface area contributed by atoms with Gasteiger partial charge < -0.3 is 14.8 Å². The van der Waals surface area contributed by atoms with Gasteiger partial charge in [-0.1, -0.05) is 12.1 Å². The highest BCUT2D eigenvalue weighted by atomic mass is 16.5. The third-order valence-electron chi connectivity index (χ3n) is 3.71. The SMILES string of the molecule is CNCC1CC1(C(=O)OC)c1ccc(OC)cc1. The van der Waals surface area contributed by atoms with Crippen molar-refractivity contribution in [3.8, 4) is 5.75 Å². The number of hydrogen-bond acceptors (Lipinski definition) is 4. The van der Waals surface area contributed by atoms with E-state index in [1.165, 1.54) is 7.11 Å².